The zero-order chi connectivity index (χ0) is 43.5. The van der Waals surface area contributed by atoms with Crippen molar-refractivity contribution in [3.8, 4) is 0 Å². The highest BCUT2D eigenvalue weighted by atomic mass is 35.5. The number of methoxy groups -OCH3 is 3. The van der Waals surface area contributed by atoms with E-state index in [1.54, 1.807) is 50.6 Å². The van der Waals surface area contributed by atoms with Crippen LogP contribution in [0.4, 0.5) is 0 Å². The lowest BCUT2D eigenvalue weighted by Gasteiger charge is -2.08. The van der Waals surface area contributed by atoms with Crippen molar-refractivity contribution in [3.05, 3.63) is 99.2 Å². The van der Waals surface area contributed by atoms with E-state index in [0.717, 1.165) is 41.7 Å². The van der Waals surface area contributed by atoms with Crippen molar-refractivity contribution >= 4 is 107 Å². The van der Waals surface area contributed by atoms with Crippen molar-refractivity contribution in [1.82, 2.24) is 15.0 Å². The highest BCUT2D eigenvalue weighted by Gasteiger charge is 2.16. The van der Waals surface area contributed by atoms with Gasteiger partial charge in [0.2, 0.25) is 0 Å². The van der Waals surface area contributed by atoms with Crippen LogP contribution in [0.3, 0.4) is 0 Å². The molecule has 23 heteroatoms. The van der Waals surface area contributed by atoms with Crippen LogP contribution < -0.4 is 0 Å². The fourth-order valence-corrected chi connectivity index (χ4v) is 4.27. The number of alkyl halides is 1. The van der Waals surface area contributed by atoms with Crippen molar-refractivity contribution in [2.24, 2.45) is 22.9 Å². The monoisotopic (exact) mass is 964 g/mol. The van der Waals surface area contributed by atoms with Crippen LogP contribution in [0, 0.1) is 17.8 Å². The Kier molecular flexibility index (Phi) is 42.3. The van der Waals surface area contributed by atoms with Gasteiger partial charge in [-0.2, -0.15) is 0 Å². The van der Waals surface area contributed by atoms with Crippen molar-refractivity contribution in [3.63, 3.8) is 0 Å². The number of esters is 3. The molecule has 0 saturated carbocycles. The molecule has 3 heterocycles. The lowest BCUT2D eigenvalue weighted by atomic mass is 10.0. The van der Waals surface area contributed by atoms with Gasteiger partial charge in [-0.3, -0.25) is 29.3 Å². The molecule has 3 rings (SSSR count). The van der Waals surface area contributed by atoms with Gasteiger partial charge in [-0.15, -0.1) is 74.1 Å². The van der Waals surface area contributed by atoms with E-state index >= 15 is 0 Å². The number of hydrogen-bond donors (Lipinski definition) is 1. The first kappa shape index (κ1) is 59.6. The molecule has 3 aromatic rings. The number of carbonyl (C=O) groups excluding carboxylic acids is 3. The fraction of sp³-hybridized carbons (Fsp3) is 0.455. The third kappa shape index (κ3) is 32.2. The van der Waals surface area contributed by atoms with Crippen molar-refractivity contribution < 1.29 is 33.7 Å². The molecule has 314 valence electrons. The van der Waals surface area contributed by atoms with Crippen LogP contribution in [0.5, 0.6) is 0 Å². The fourth-order valence-electron chi connectivity index (χ4n) is 4.11. The van der Waals surface area contributed by atoms with E-state index in [0.29, 0.717) is 31.7 Å². The lowest BCUT2D eigenvalue weighted by molar-refractivity contribution is -0.145. The number of azide groups is 1. The molecule has 0 radical (unpaired) electrons. The minimum Gasteiger partial charge on any atom is -0.469 e. The van der Waals surface area contributed by atoms with E-state index in [1.807, 2.05) is 25.1 Å². The Morgan fingerprint density at radius 1 is 0.768 bits per heavy atom. The molecule has 0 aliphatic heterocycles. The molecule has 13 nitrogen and oxygen atoms in total. The molecule has 10 atom stereocenters. The molecule has 7 unspecified atom stereocenters. The Morgan fingerprint density at radius 2 is 1.07 bits per heavy atom. The molecule has 1 N–H and O–H groups in total. The maximum Gasteiger partial charge on any atom is 0.308 e. The number of hydrogen-bond acceptors (Lipinski definition) is 11. The molecule has 0 spiro atoms. The summed E-state index contributed by atoms with van der Waals surface area (Å²) in [6, 6.07) is 10.9. The number of pyridine rings is 3. The Bertz CT molecular complexity index is 1500. The molecule has 56 heavy (non-hydrogen) atoms. The number of aliphatic hydroxyl groups is 1. The first-order chi connectivity index (χ1) is 26.7. The number of halogens is 1. The highest BCUT2D eigenvalue weighted by Crippen LogP contribution is 2.59. The second-order valence-corrected chi connectivity index (χ2v) is 27.4. The third-order valence-corrected chi connectivity index (χ3v) is 6.96. The second-order valence-electron chi connectivity index (χ2n) is 11.1. The number of nitrogens with zero attached hydrogens (tertiary/aromatic N) is 6. The van der Waals surface area contributed by atoms with E-state index in [1.165, 1.54) is 21.3 Å². The first-order valence-corrected chi connectivity index (χ1v) is 30.4. The molecule has 3 aromatic heterocycles. The minimum absolute atomic E-state index is 0.0118. The van der Waals surface area contributed by atoms with Crippen molar-refractivity contribution in [2.45, 2.75) is 59.1 Å². The summed E-state index contributed by atoms with van der Waals surface area (Å²) in [4.78, 5) is 48.8. The molecule has 0 saturated heterocycles. The normalized spacial score (nSPS) is 11.1. The van der Waals surface area contributed by atoms with Gasteiger partial charge in [0.25, 0.3) is 0 Å². The van der Waals surface area contributed by atoms with Crippen LogP contribution in [-0.2, 0) is 66.9 Å². The Labute approximate surface area is 356 Å². The zero-order valence-electron chi connectivity index (χ0n) is 32.6. The van der Waals surface area contributed by atoms with Gasteiger partial charge < -0.3 is 19.3 Å². The van der Waals surface area contributed by atoms with E-state index in [9.17, 15) is 14.4 Å². The summed E-state index contributed by atoms with van der Waals surface area (Å²) in [5.41, 5.74) is 13.4. The van der Waals surface area contributed by atoms with Crippen LogP contribution in [0.25, 0.3) is 10.4 Å². The summed E-state index contributed by atoms with van der Waals surface area (Å²) < 4.78 is 13.9. The van der Waals surface area contributed by atoms with Gasteiger partial charge >= 0.3 is 17.9 Å². The Hall–Kier alpha value is -0.710. The van der Waals surface area contributed by atoms with Crippen LogP contribution >= 0.6 is 89.0 Å². The third-order valence-electron chi connectivity index (χ3n) is 6.65. The SMILES string of the molecule is COC(=O)[C@@H](C)Cc1cc(CCl)ccn1.COC(=O)[C@@H](C)Cc1cc(CN=[N+]=[N-])ccn1.COC(=O)[C@@H](C)Cc1cc(CO)ccn1.PP.PP(P)P.PPP. The van der Waals surface area contributed by atoms with Crippen molar-refractivity contribution in [1.29, 1.82) is 0 Å². The van der Waals surface area contributed by atoms with Crippen molar-refractivity contribution in [2.75, 3.05) is 21.3 Å². The average molecular weight is 965 g/mol. The smallest absolute Gasteiger partial charge is 0.308 e. The maximum absolute atomic E-state index is 11.3. The van der Waals surface area contributed by atoms with Gasteiger partial charge in [-0.25, -0.2) is 0 Å². The van der Waals surface area contributed by atoms with E-state index in [-0.39, 0.29) is 49.3 Å². The summed E-state index contributed by atoms with van der Waals surface area (Å²) in [7, 11) is 22.8. The standard InChI is InChI=1S/C11H14ClNO2.C11H14N4O2.C11H15NO3.H6P4.H5P3.H4P2/c1-8(11(14)15-2)5-10-6-9(7-12)3-4-13-10;1-8(11(16)17-2)5-10-6-9(3-4-13-10)7-14-15-12;1-8(11(14)15-2)5-10-6-9(7-13)3-4-12-10;1-4(2)3;1-3-2;1-2/h3-4,6,8H,5,7H2,1-2H3;3-4,6,8H,5,7H2,1-2H3;3-4,6,8,13H,5,7H2,1-2H3;1-3H2;3H,1-2H2;1-2H2/t3*8-;;;/m000.../s1. The lowest BCUT2D eigenvalue weighted by Crippen LogP contribution is -2.15. The largest absolute Gasteiger partial charge is 0.469 e. The van der Waals surface area contributed by atoms with Crippen LogP contribution in [0.1, 0.15) is 54.5 Å². The summed E-state index contributed by atoms with van der Waals surface area (Å²) in [6.45, 7) is 5.80. The van der Waals surface area contributed by atoms with E-state index in [2.05, 4.69) is 102 Å². The molecule has 0 fully saturated rings. The van der Waals surface area contributed by atoms with Gasteiger partial charge in [0.05, 0.1) is 52.2 Å². The Balaban J connectivity index is -0.000000679. The summed E-state index contributed by atoms with van der Waals surface area (Å²) in [5, 5.41) is 12.4. The quantitative estimate of drug-likeness (QED) is 0.0329. The molecular formula is C33H58ClN6O7P9. The molecule has 0 aromatic carbocycles. The predicted octanol–water partition coefficient (Wildman–Crippen LogP) is 9.08. The molecule has 0 aliphatic rings. The molecule has 0 aliphatic carbocycles. The predicted molar refractivity (Wildman–Crippen MR) is 259 cm³/mol. The maximum atomic E-state index is 11.3. The van der Waals surface area contributed by atoms with Crippen LogP contribution in [0.2, 0.25) is 0 Å². The Morgan fingerprint density at radius 3 is 1.38 bits per heavy atom. The summed E-state index contributed by atoms with van der Waals surface area (Å²) >= 11 is 5.71. The topological polar surface area (TPSA) is 187 Å². The average Bonchev–Trinajstić information content (AvgIpc) is 3.20. The highest BCUT2D eigenvalue weighted by molar-refractivity contribution is 8.65. The summed E-state index contributed by atoms with van der Waals surface area (Å²) in [6.07, 6.45) is 6.60. The van der Waals surface area contributed by atoms with Gasteiger partial charge in [-0.05, 0) is 65.6 Å². The summed E-state index contributed by atoms with van der Waals surface area (Å²) in [5.74, 6) is -0.874. The zero-order valence-corrected chi connectivity index (χ0v) is 43.4. The van der Waals surface area contributed by atoms with E-state index < -0.39 is 0 Å². The number of aliphatic hydroxyl groups excluding tert-OH is 1. The number of carbonyl (C=O) groups is 3. The first-order valence-electron chi connectivity index (χ1n) is 16.4. The van der Waals surface area contributed by atoms with Gasteiger partial charge in [-0.1, -0.05) is 33.8 Å². The number of ether oxygens (including phenoxy) is 3. The van der Waals surface area contributed by atoms with Gasteiger partial charge in [0, 0.05) is 65.7 Å². The molecule has 0 amide bonds. The minimum atomic E-state index is -0.257. The number of rotatable bonds is 13. The van der Waals surface area contributed by atoms with Gasteiger partial charge in [0.1, 0.15) is 0 Å². The van der Waals surface area contributed by atoms with Gasteiger partial charge in [0.15, 0.2) is 0 Å². The number of aromatic nitrogens is 3. The molecule has 0 bridgehead atoms. The second kappa shape index (κ2) is 39.7. The van der Waals surface area contributed by atoms with Crippen LogP contribution in [-0.4, -0.2) is 59.3 Å². The van der Waals surface area contributed by atoms with E-state index in [4.69, 9.17) is 22.2 Å². The van der Waals surface area contributed by atoms with Crippen LogP contribution in [0.15, 0.2) is 60.1 Å². The molecular weight excluding hydrogens is 907 g/mol.